The van der Waals surface area contributed by atoms with E-state index in [0.29, 0.717) is 12.4 Å². The van der Waals surface area contributed by atoms with E-state index in [9.17, 15) is 9.59 Å². The van der Waals surface area contributed by atoms with Crippen LogP contribution in [0.3, 0.4) is 0 Å². The number of aromatic nitrogens is 2. The maximum atomic E-state index is 12.3. The van der Waals surface area contributed by atoms with E-state index in [0.717, 1.165) is 17.5 Å². The highest BCUT2D eigenvalue weighted by molar-refractivity contribution is 5.76. The second kappa shape index (κ2) is 7.82. The van der Waals surface area contributed by atoms with Gasteiger partial charge in [-0.2, -0.15) is 0 Å². The highest BCUT2D eigenvalue weighted by atomic mass is 16.5. The molecule has 0 unspecified atom stereocenters. The van der Waals surface area contributed by atoms with Crippen LogP contribution in [0.4, 0.5) is 0 Å². The molecule has 134 valence electrons. The quantitative estimate of drug-likeness (QED) is 0.740. The molecule has 6 nitrogen and oxygen atoms in total. The molecule has 0 aliphatic heterocycles. The van der Waals surface area contributed by atoms with Crippen LogP contribution in [0.15, 0.2) is 57.8 Å². The van der Waals surface area contributed by atoms with Crippen LogP contribution in [0, 0.1) is 13.8 Å². The van der Waals surface area contributed by atoms with Gasteiger partial charge in [0.25, 0.3) is 0 Å². The predicted octanol–water partition coefficient (Wildman–Crippen LogP) is 2.48. The van der Waals surface area contributed by atoms with Gasteiger partial charge in [0, 0.05) is 12.1 Å². The van der Waals surface area contributed by atoms with Gasteiger partial charge in [0.15, 0.2) is 5.82 Å². The fourth-order valence-electron chi connectivity index (χ4n) is 2.85. The van der Waals surface area contributed by atoms with Gasteiger partial charge in [-0.25, -0.2) is 9.36 Å². The van der Waals surface area contributed by atoms with Gasteiger partial charge in [-0.15, -0.1) is 0 Å². The standard InChI is InChI=1S/C20H21N3O3/c1-14-7-3-5-9-16(14)11-12-21-18(24)13-23-19(22-26-20(23)25)17-10-6-4-8-15(17)2/h3-10H,11-13H2,1-2H3,(H,21,24). The number of carbonyl (C=O) groups excluding carboxylic acids is 1. The van der Waals surface area contributed by atoms with Gasteiger partial charge < -0.3 is 5.32 Å². The van der Waals surface area contributed by atoms with Crippen LogP contribution in [0.25, 0.3) is 11.4 Å². The highest BCUT2D eigenvalue weighted by Crippen LogP contribution is 2.19. The SMILES string of the molecule is Cc1ccccc1CCNC(=O)Cn1c(-c2ccccc2C)noc1=O. The first-order valence-corrected chi connectivity index (χ1v) is 8.50. The predicted molar refractivity (Wildman–Crippen MR) is 98.8 cm³/mol. The molecular weight excluding hydrogens is 330 g/mol. The van der Waals surface area contributed by atoms with Crippen molar-refractivity contribution < 1.29 is 9.32 Å². The number of rotatable bonds is 6. The summed E-state index contributed by atoms with van der Waals surface area (Å²) in [6.45, 7) is 4.34. The monoisotopic (exact) mass is 351 g/mol. The van der Waals surface area contributed by atoms with Crippen molar-refractivity contribution in [3.8, 4) is 11.4 Å². The summed E-state index contributed by atoms with van der Waals surface area (Å²) in [6.07, 6.45) is 0.738. The average Bonchev–Trinajstić information content (AvgIpc) is 2.98. The summed E-state index contributed by atoms with van der Waals surface area (Å²) < 4.78 is 6.03. The molecule has 1 amide bonds. The van der Waals surface area contributed by atoms with Crippen LogP contribution in [0.1, 0.15) is 16.7 Å². The van der Waals surface area contributed by atoms with E-state index in [2.05, 4.69) is 10.5 Å². The number of nitrogens with one attached hydrogen (secondary N) is 1. The van der Waals surface area contributed by atoms with Crippen LogP contribution in [-0.4, -0.2) is 22.2 Å². The van der Waals surface area contributed by atoms with Crippen molar-refractivity contribution in [2.24, 2.45) is 0 Å². The summed E-state index contributed by atoms with van der Waals surface area (Å²) in [6, 6.07) is 15.6. The summed E-state index contributed by atoms with van der Waals surface area (Å²) in [5.74, 6) is -0.529. The summed E-state index contributed by atoms with van der Waals surface area (Å²) in [5, 5.41) is 6.68. The Kier molecular flexibility index (Phi) is 5.31. The molecule has 1 N–H and O–H groups in total. The molecule has 0 aliphatic carbocycles. The molecule has 0 bridgehead atoms. The molecule has 0 saturated carbocycles. The van der Waals surface area contributed by atoms with Crippen molar-refractivity contribution in [2.45, 2.75) is 26.8 Å². The normalized spacial score (nSPS) is 10.7. The van der Waals surface area contributed by atoms with Gasteiger partial charge in [0.2, 0.25) is 5.91 Å². The van der Waals surface area contributed by atoms with Crippen LogP contribution >= 0.6 is 0 Å². The molecule has 0 fully saturated rings. The summed E-state index contributed by atoms with van der Waals surface area (Å²) >= 11 is 0. The summed E-state index contributed by atoms with van der Waals surface area (Å²) in [4.78, 5) is 24.2. The van der Waals surface area contributed by atoms with Crippen LogP contribution in [0.5, 0.6) is 0 Å². The first kappa shape index (κ1) is 17.7. The highest BCUT2D eigenvalue weighted by Gasteiger charge is 2.16. The van der Waals surface area contributed by atoms with Gasteiger partial charge in [-0.05, 0) is 37.0 Å². The van der Waals surface area contributed by atoms with Gasteiger partial charge in [0.05, 0.1) is 0 Å². The topological polar surface area (TPSA) is 77.1 Å². The van der Waals surface area contributed by atoms with Crippen molar-refractivity contribution in [1.82, 2.24) is 15.0 Å². The number of amides is 1. The molecule has 2 aromatic carbocycles. The van der Waals surface area contributed by atoms with Gasteiger partial charge in [-0.1, -0.05) is 53.7 Å². The molecule has 1 aromatic heterocycles. The number of aryl methyl sites for hydroxylation is 2. The maximum Gasteiger partial charge on any atom is 0.442 e. The Morgan fingerprint density at radius 3 is 2.50 bits per heavy atom. The minimum absolute atomic E-state index is 0.125. The molecule has 26 heavy (non-hydrogen) atoms. The van der Waals surface area contributed by atoms with Crippen molar-refractivity contribution in [3.63, 3.8) is 0 Å². The van der Waals surface area contributed by atoms with Crippen LogP contribution < -0.4 is 11.1 Å². The third kappa shape index (κ3) is 3.91. The second-order valence-electron chi connectivity index (χ2n) is 6.20. The van der Waals surface area contributed by atoms with Crippen LogP contribution in [-0.2, 0) is 17.8 Å². The zero-order valence-electron chi connectivity index (χ0n) is 14.9. The van der Waals surface area contributed by atoms with Gasteiger partial charge in [-0.3, -0.25) is 9.32 Å². The molecule has 3 rings (SSSR count). The molecule has 1 heterocycles. The lowest BCUT2D eigenvalue weighted by Crippen LogP contribution is -2.32. The molecular formula is C20H21N3O3. The zero-order valence-corrected chi connectivity index (χ0v) is 14.9. The average molecular weight is 351 g/mol. The Labute approximate surface area is 151 Å². The third-order valence-electron chi connectivity index (χ3n) is 4.35. The Balaban J connectivity index is 1.67. The number of benzene rings is 2. The molecule has 0 radical (unpaired) electrons. The lowest BCUT2D eigenvalue weighted by atomic mass is 10.1. The van der Waals surface area contributed by atoms with E-state index < -0.39 is 5.76 Å². The Bertz CT molecular complexity index is 972. The Morgan fingerprint density at radius 2 is 1.77 bits per heavy atom. The molecule has 3 aromatic rings. The lowest BCUT2D eigenvalue weighted by Gasteiger charge is -2.09. The van der Waals surface area contributed by atoms with Crippen molar-refractivity contribution in [1.29, 1.82) is 0 Å². The number of hydrogen-bond acceptors (Lipinski definition) is 4. The molecule has 0 aliphatic rings. The number of hydrogen-bond donors (Lipinski definition) is 1. The molecule has 0 saturated heterocycles. The van der Waals surface area contributed by atoms with E-state index in [1.165, 1.54) is 15.7 Å². The fourth-order valence-corrected chi connectivity index (χ4v) is 2.85. The lowest BCUT2D eigenvalue weighted by molar-refractivity contribution is -0.121. The minimum Gasteiger partial charge on any atom is -0.354 e. The van der Waals surface area contributed by atoms with E-state index >= 15 is 0 Å². The van der Waals surface area contributed by atoms with E-state index in [4.69, 9.17) is 4.52 Å². The second-order valence-corrected chi connectivity index (χ2v) is 6.20. The first-order chi connectivity index (χ1) is 12.6. The summed E-state index contributed by atoms with van der Waals surface area (Å²) in [7, 11) is 0. The van der Waals surface area contributed by atoms with E-state index in [1.807, 2.05) is 62.4 Å². The van der Waals surface area contributed by atoms with E-state index in [-0.39, 0.29) is 12.5 Å². The van der Waals surface area contributed by atoms with Crippen molar-refractivity contribution >= 4 is 5.91 Å². The van der Waals surface area contributed by atoms with E-state index in [1.54, 1.807) is 0 Å². The number of carbonyl (C=O) groups is 1. The molecule has 6 heteroatoms. The smallest absolute Gasteiger partial charge is 0.354 e. The van der Waals surface area contributed by atoms with Gasteiger partial charge in [0.1, 0.15) is 6.54 Å². The van der Waals surface area contributed by atoms with Crippen LogP contribution in [0.2, 0.25) is 0 Å². The molecule has 0 atom stereocenters. The third-order valence-corrected chi connectivity index (χ3v) is 4.35. The number of nitrogens with zero attached hydrogens (tertiary/aromatic N) is 2. The minimum atomic E-state index is -0.641. The largest absolute Gasteiger partial charge is 0.442 e. The van der Waals surface area contributed by atoms with Gasteiger partial charge >= 0.3 is 5.76 Å². The Morgan fingerprint density at radius 1 is 1.08 bits per heavy atom. The Hall–Kier alpha value is -3.15. The molecule has 0 spiro atoms. The zero-order chi connectivity index (χ0) is 18.5. The fraction of sp³-hybridized carbons (Fsp3) is 0.250. The first-order valence-electron chi connectivity index (χ1n) is 8.50. The van der Waals surface area contributed by atoms with Crippen molar-refractivity contribution in [3.05, 3.63) is 75.8 Å². The maximum absolute atomic E-state index is 12.3. The summed E-state index contributed by atoms with van der Waals surface area (Å²) in [5.41, 5.74) is 4.11. The van der Waals surface area contributed by atoms with Crippen molar-refractivity contribution in [2.75, 3.05) is 6.54 Å².